The largest absolute Gasteiger partial charge is 0.485 e. The summed E-state index contributed by atoms with van der Waals surface area (Å²) < 4.78 is 11.4. The Kier molecular flexibility index (Phi) is 5.99. The summed E-state index contributed by atoms with van der Waals surface area (Å²) in [5.74, 6) is 0.964. The maximum absolute atomic E-state index is 11.9. The number of pyridine rings is 1. The van der Waals surface area contributed by atoms with E-state index in [9.17, 15) is 4.79 Å². The summed E-state index contributed by atoms with van der Waals surface area (Å²) in [6.45, 7) is 6.66. The van der Waals surface area contributed by atoms with Crippen LogP contribution in [0.2, 0.25) is 0 Å². The lowest BCUT2D eigenvalue weighted by molar-refractivity contribution is 0.0594. The molecule has 4 heteroatoms. The molecule has 0 bridgehead atoms. The summed E-state index contributed by atoms with van der Waals surface area (Å²) >= 11 is 0. The van der Waals surface area contributed by atoms with Crippen molar-refractivity contribution in [1.29, 1.82) is 0 Å². The Bertz CT molecular complexity index is 1060. The van der Waals surface area contributed by atoms with E-state index in [1.54, 1.807) is 12.3 Å². The van der Waals surface area contributed by atoms with Crippen LogP contribution in [0.3, 0.4) is 0 Å². The summed E-state index contributed by atoms with van der Waals surface area (Å²) in [7, 11) is 1.37. The molecule has 1 heterocycles. The zero-order valence-electron chi connectivity index (χ0n) is 18.9. The second-order valence-electron chi connectivity index (χ2n) is 9.53. The predicted molar refractivity (Wildman–Crippen MR) is 124 cm³/mol. The SMILES string of the molecule is COC(=O)c1cc2cc(C(Oc3ccc(C(C)(C)C)cc3)C3CCCC3)ccc2cn1. The van der Waals surface area contributed by atoms with E-state index in [0.717, 1.165) is 22.1 Å². The van der Waals surface area contributed by atoms with Crippen molar-refractivity contribution in [3.8, 4) is 5.75 Å². The fourth-order valence-electron chi connectivity index (χ4n) is 4.43. The van der Waals surface area contributed by atoms with E-state index >= 15 is 0 Å². The van der Waals surface area contributed by atoms with Crippen molar-refractivity contribution in [1.82, 2.24) is 4.98 Å². The van der Waals surface area contributed by atoms with E-state index in [0.29, 0.717) is 11.6 Å². The number of esters is 1. The molecule has 1 atom stereocenters. The van der Waals surface area contributed by atoms with Gasteiger partial charge in [0.1, 0.15) is 17.5 Å². The van der Waals surface area contributed by atoms with Gasteiger partial charge in [-0.25, -0.2) is 9.78 Å². The number of benzene rings is 2. The molecule has 162 valence electrons. The van der Waals surface area contributed by atoms with Gasteiger partial charge in [0.05, 0.1) is 7.11 Å². The number of nitrogens with zero attached hydrogens (tertiary/aromatic N) is 1. The van der Waals surface area contributed by atoms with Gasteiger partial charge in [0.25, 0.3) is 0 Å². The van der Waals surface area contributed by atoms with Crippen LogP contribution in [0.25, 0.3) is 10.8 Å². The summed E-state index contributed by atoms with van der Waals surface area (Å²) in [6.07, 6.45) is 6.55. The molecule has 4 rings (SSSR count). The van der Waals surface area contributed by atoms with Crippen LogP contribution in [0.15, 0.2) is 54.7 Å². The first kappa shape index (κ1) is 21.4. The number of carbonyl (C=O) groups excluding carboxylic acids is 1. The van der Waals surface area contributed by atoms with Gasteiger partial charge in [-0.3, -0.25) is 0 Å². The summed E-state index contributed by atoms with van der Waals surface area (Å²) in [6, 6.07) is 16.6. The van der Waals surface area contributed by atoms with E-state index in [1.165, 1.54) is 38.4 Å². The van der Waals surface area contributed by atoms with E-state index in [2.05, 4.69) is 68.2 Å². The summed E-state index contributed by atoms with van der Waals surface area (Å²) in [5.41, 5.74) is 2.88. The molecule has 1 aliphatic carbocycles. The van der Waals surface area contributed by atoms with Gasteiger partial charge in [-0.15, -0.1) is 0 Å². The lowest BCUT2D eigenvalue weighted by Crippen LogP contribution is -2.17. The highest BCUT2D eigenvalue weighted by Crippen LogP contribution is 2.40. The minimum atomic E-state index is -0.421. The molecule has 0 saturated heterocycles. The molecule has 0 aliphatic heterocycles. The summed E-state index contributed by atoms with van der Waals surface area (Å²) in [4.78, 5) is 16.1. The lowest BCUT2D eigenvalue weighted by Gasteiger charge is -2.26. The molecule has 1 aliphatic rings. The van der Waals surface area contributed by atoms with Crippen molar-refractivity contribution in [2.45, 2.75) is 58.0 Å². The van der Waals surface area contributed by atoms with Crippen molar-refractivity contribution in [3.05, 3.63) is 71.5 Å². The van der Waals surface area contributed by atoms with Gasteiger partial charge in [-0.05, 0) is 59.0 Å². The Morgan fingerprint density at radius 3 is 2.35 bits per heavy atom. The first-order valence-corrected chi connectivity index (χ1v) is 11.1. The molecule has 2 aromatic carbocycles. The molecule has 3 aromatic rings. The first-order chi connectivity index (χ1) is 14.8. The van der Waals surface area contributed by atoms with E-state index < -0.39 is 5.97 Å². The zero-order valence-corrected chi connectivity index (χ0v) is 18.9. The number of aromatic nitrogens is 1. The van der Waals surface area contributed by atoms with Gasteiger partial charge in [-0.1, -0.05) is 57.9 Å². The normalized spacial score (nSPS) is 15.7. The van der Waals surface area contributed by atoms with Crippen molar-refractivity contribution in [2.75, 3.05) is 7.11 Å². The van der Waals surface area contributed by atoms with Crippen LogP contribution in [-0.2, 0) is 10.2 Å². The Morgan fingerprint density at radius 1 is 1.00 bits per heavy atom. The summed E-state index contributed by atoms with van der Waals surface area (Å²) in [5, 5.41) is 1.97. The molecular weight excluding hydrogens is 386 g/mol. The van der Waals surface area contributed by atoms with E-state index in [1.807, 2.05) is 0 Å². The molecular formula is C27H31NO3. The van der Waals surface area contributed by atoms with Crippen LogP contribution in [-0.4, -0.2) is 18.1 Å². The first-order valence-electron chi connectivity index (χ1n) is 11.1. The number of ether oxygens (including phenoxy) is 2. The average Bonchev–Trinajstić information content (AvgIpc) is 3.30. The van der Waals surface area contributed by atoms with Gasteiger partial charge >= 0.3 is 5.97 Å². The fourth-order valence-corrected chi connectivity index (χ4v) is 4.43. The number of fused-ring (bicyclic) bond motifs is 1. The highest BCUT2D eigenvalue weighted by atomic mass is 16.5. The third kappa shape index (κ3) is 4.73. The quantitative estimate of drug-likeness (QED) is 0.437. The van der Waals surface area contributed by atoms with Gasteiger partial charge in [-0.2, -0.15) is 0 Å². The zero-order chi connectivity index (χ0) is 22.0. The molecule has 0 radical (unpaired) electrons. The number of carbonyl (C=O) groups is 1. The molecule has 1 aromatic heterocycles. The Morgan fingerprint density at radius 2 is 1.71 bits per heavy atom. The number of methoxy groups -OCH3 is 1. The van der Waals surface area contributed by atoms with Crippen molar-refractivity contribution in [2.24, 2.45) is 5.92 Å². The number of hydrogen-bond donors (Lipinski definition) is 0. The minimum Gasteiger partial charge on any atom is -0.485 e. The smallest absolute Gasteiger partial charge is 0.356 e. The van der Waals surface area contributed by atoms with Crippen molar-refractivity contribution >= 4 is 16.7 Å². The fraction of sp³-hybridized carbons (Fsp3) is 0.407. The molecule has 1 unspecified atom stereocenters. The maximum Gasteiger partial charge on any atom is 0.356 e. The highest BCUT2D eigenvalue weighted by molar-refractivity contribution is 5.93. The van der Waals surface area contributed by atoms with E-state index in [4.69, 9.17) is 9.47 Å². The second kappa shape index (κ2) is 8.70. The average molecular weight is 418 g/mol. The lowest BCUT2D eigenvalue weighted by atomic mass is 9.87. The molecule has 1 fully saturated rings. The van der Waals surface area contributed by atoms with Crippen LogP contribution in [0.5, 0.6) is 5.75 Å². The van der Waals surface area contributed by atoms with Crippen LogP contribution < -0.4 is 4.74 Å². The highest BCUT2D eigenvalue weighted by Gasteiger charge is 2.28. The third-order valence-corrected chi connectivity index (χ3v) is 6.28. The molecule has 0 spiro atoms. The van der Waals surface area contributed by atoms with Crippen molar-refractivity contribution in [3.63, 3.8) is 0 Å². The Hall–Kier alpha value is -2.88. The molecule has 1 saturated carbocycles. The number of rotatable bonds is 5. The van der Waals surface area contributed by atoms with Crippen LogP contribution in [0.1, 0.15) is 74.2 Å². The second-order valence-corrected chi connectivity index (χ2v) is 9.53. The molecule has 0 amide bonds. The van der Waals surface area contributed by atoms with Crippen LogP contribution in [0.4, 0.5) is 0 Å². The molecule has 4 nitrogen and oxygen atoms in total. The Balaban J connectivity index is 1.67. The standard InChI is InChI=1S/C27H31NO3/c1-27(2,3)22-11-13-23(14-12-22)31-25(18-7-5-6-8-18)19-9-10-20-17-28-24(26(29)30-4)16-21(20)15-19/h9-18,25H,5-8H2,1-4H3. The van der Waals surface area contributed by atoms with E-state index in [-0.39, 0.29) is 11.5 Å². The van der Waals surface area contributed by atoms with Crippen LogP contribution >= 0.6 is 0 Å². The maximum atomic E-state index is 11.9. The third-order valence-electron chi connectivity index (χ3n) is 6.28. The van der Waals surface area contributed by atoms with Gasteiger partial charge in [0.2, 0.25) is 0 Å². The molecule has 31 heavy (non-hydrogen) atoms. The van der Waals surface area contributed by atoms with Crippen LogP contribution in [0, 0.1) is 5.92 Å². The molecule has 0 N–H and O–H groups in total. The Labute approximate surface area is 184 Å². The van der Waals surface area contributed by atoms with Gasteiger partial charge in [0.15, 0.2) is 0 Å². The minimum absolute atomic E-state index is 0.0119. The van der Waals surface area contributed by atoms with Gasteiger partial charge in [0, 0.05) is 17.5 Å². The van der Waals surface area contributed by atoms with Gasteiger partial charge < -0.3 is 9.47 Å². The number of hydrogen-bond acceptors (Lipinski definition) is 4. The topological polar surface area (TPSA) is 48.4 Å². The predicted octanol–water partition coefficient (Wildman–Crippen LogP) is 6.63. The monoisotopic (exact) mass is 417 g/mol. The van der Waals surface area contributed by atoms with Crippen molar-refractivity contribution < 1.29 is 14.3 Å².